The number of nitrogen functional groups attached to an aromatic ring is 1. The number of anilines is 1. The third-order valence-corrected chi connectivity index (χ3v) is 4.20. The molecule has 0 atom stereocenters. The molecule has 2 aromatic carbocycles. The molecule has 2 nitrogen and oxygen atoms in total. The second-order valence-electron chi connectivity index (χ2n) is 4.33. The van der Waals surface area contributed by atoms with Gasteiger partial charge in [0.1, 0.15) is 0 Å². The molecule has 0 unspecified atom stereocenters. The lowest BCUT2D eigenvalue weighted by atomic mass is 10.2. The lowest BCUT2D eigenvalue weighted by molar-refractivity contribution is 1.34. The van der Waals surface area contributed by atoms with Crippen LogP contribution in [0.2, 0.25) is 0 Å². The fourth-order valence-corrected chi connectivity index (χ4v) is 3.07. The number of hydrogen-bond acceptors (Lipinski definition) is 3. The third-order valence-electron chi connectivity index (χ3n) is 2.98. The number of benzene rings is 2. The smallest absolute Gasteiger partial charge is 0.0714 e. The zero-order chi connectivity index (χ0) is 13.1. The van der Waals surface area contributed by atoms with E-state index in [1.807, 2.05) is 24.3 Å². The SMILES string of the molecule is Nc1cnc2ccccc2c1SCc1ccccc1. The van der Waals surface area contributed by atoms with E-state index in [9.17, 15) is 0 Å². The van der Waals surface area contributed by atoms with Crippen LogP contribution in [0, 0.1) is 0 Å². The first-order chi connectivity index (χ1) is 9.34. The van der Waals surface area contributed by atoms with E-state index in [4.69, 9.17) is 5.73 Å². The molecule has 0 fully saturated rings. The van der Waals surface area contributed by atoms with Crippen LogP contribution in [0.25, 0.3) is 10.9 Å². The van der Waals surface area contributed by atoms with Gasteiger partial charge in [0.25, 0.3) is 0 Å². The molecule has 0 saturated carbocycles. The number of para-hydroxylation sites is 1. The first-order valence-corrected chi connectivity index (χ1v) is 7.13. The Morgan fingerprint density at radius 2 is 1.68 bits per heavy atom. The maximum absolute atomic E-state index is 6.07. The van der Waals surface area contributed by atoms with Gasteiger partial charge in [0.15, 0.2) is 0 Å². The maximum Gasteiger partial charge on any atom is 0.0714 e. The number of pyridine rings is 1. The second kappa shape index (κ2) is 5.33. The summed E-state index contributed by atoms with van der Waals surface area (Å²) in [5.74, 6) is 0.916. The van der Waals surface area contributed by atoms with E-state index in [2.05, 4.69) is 35.3 Å². The van der Waals surface area contributed by atoms with Gasteiger partial charge < -0.3 is 5.73 Å². The lowest BCUT2D eigenvalue weighted by Crippen LogP contribution is -1.92. The maximum atomic E-state index is 6.07. The molecule has 94 valence electrons. The molecule has 2 N–H and O–H groups in total. The Labute approximate surface area is 116 Å². The molecule has 1 aromatic heterocycles. The predicted octanol–water partition coefficient (Wildman–Crippen LogP) is 4.11. The van der Waals surface area contributed by atoms with Crippen molar-refractivity contribution in [3.05, 3.63) is 66.4 Å². The number of thioether (sulfide) groups is 1. The van der Waals surface area contributed by atoms with Gasteiger partial charge in [0.05, 0.1) is 17.4 Å². The highest BCUT2D eigenvalue weighted by molar-refractivity contribution is 7.98. The monoisotopic (exact) mass is 266 g/mol. The summed E-state index contributed by atoms with van der Waals surface area (Å²) in [5, 5.41) is 1.13. The van der Waals surface area contributed by atoms with Gasteiger partial charge in [0.2, 0.25) is 0 Å². The molecule has 19 heavy (non-hydrogen) atoms. The first-order valence-electron chi connectivity index (χ1n) is 6.14. The summed E-state index contributed by atoms with van der Waals surface area (Å²) in [4.78, 5) is 5.48. The molecule has 0 bridgehead atoms. The van der Waals surface area contributed by atoms with Crippen LogP contribution in [0.1, 0.15) is 5.56 Å². The molecular formula is C16H14N2S. The molecule has 0 saturated heterocycles. The van der Waals surface area contributed by atoms with E-state index >= 15 is 0 Å². The van der Waals surface area contributed by atoms with Crippen LogP contribution in [-0.4, -0.2) is 4.98 Å². The second-order valence-corrected chi connectivity index (χ2v) is 5.32. The summed E-state index contributed by atoms with van der Waals surface area (Å²) in [6, 6.07) is 18.5. The van der Waals surface area contributed by atoms with Gasteiger partial charge in [-0.15, -0.1) is 11.8 Å². The van der Waals surface area contributed by atoms with E-state index in [0.29, 0.717) is 0 Å². The van der Waals surface area contributed by atoms with Crippen LogP contribution in [0.3, 0.4) is 0 Å². The van der Waals surface area contributed by atoms with Gasteiger partial charge in [-0.3, -0.25) is 4.98 Å². The normalized spacial score (nSPS) is 10.7. The van der Waals surface area contributed by atoms with Crippen LogP contribution < -0.4 is 5.73 Å². The molecule has 1 heterocycles. The Bertz CT molecular complexity index is 695. The number of hydrogen-bond donors (Lipinski definition) is 1. The van der Waals surface area contributed by atoms with Gasteiger partial charge in [-0.05, 0) is 11.6 Å². The fraction of sp³-hybridized carbons (Fsp3) is 0.0625. The summed E-state index contributed by atoms with van der Waals surface area (Å²) in [6.07, 6.45) is 1.75. The zero-order valence-corrected chi connectivity index (χ0v) is 11.2. The Kier molecular flexibility index (Phi) is 3.38. The molecule has 0 amide bonds. The molecular weight excluding hydrogens is 252 g/mol. The Balaban J connectivity index is 1.94. The van der Waals surface area contributed by atoms with Crippen molar-refractivity contribution in [2.75, 3.05) is 5.73 Å². The molecule has 0 spiro atoms. The van der Waals surface area contributed by atoms with Crippen molar-refractivity contribution in [3.63, 3.8) is 0 Å². The van der Waals surface area contributed by atoms with Crippen LogP contribution in [-0.2, 0) is 5.75 Å². The first kappa shape index (κ1) is 12.1. The third kappa shape index (κ3) is 2.56. The molecule has 0 aliphatic heterocycles. The van der Waals surface area contributed by atoms with Gasteiger partial charge in [-0.25, -0.2) is 0 Å². The minimum Gasteiger partial charge on any atom is -0.397 e. The number of rotatable bonds is 3. The number of aromatic nitrogens is 1. The fourth-order valence-electron chi connectivity index (χ4n) is 2.02. The minimum atomic E-state index is 0.750. The molecule has 3 rings (SSSR count). The predicted molar refractivity (Wildman–Crippen MR) is 82.2 cm³/mol. The summed E-state index contributed by atoms with van der Waals surface area (Å²) < 4.78 is 0. The Morgan fingerprint density at radius 1 is 0.947 bits per heavy atom. The van der Waals surface area contributed by atoms with Crippen LogP contribution >= 0.6 is 11.8 Å². The number of nitrogens with two attached hydrogens (primary N) is 1. The van der Waals surface area contributed by atoms with Crippen molar-refractivity contribution in [2.24, 2.45) is 0 Å². The van der Waals surface area contributed by atoms with E-state index in [-0.39, 0.29) is 0 Å². The summed E-state index contributed by atoms with van der Waals surface area (Å²) in [5.41, 5.74) is 9.11. The molecule has 3 aromatic rings. The quantitative estimate of drug-likeness (QED) is 0.725. The van der Waals surface area contributed by atoms with E-state index in [1.54, 1.807) is 18.0 Å². The standard InChI is InChI=1S/C16H14N2S/c17-14-10-18-15-9-5-4-8-13(15)16(14)19-11-12-6-2-1-3-7-12/h1-10H,11,17H2. The van der Waals surface area contributed by atoms with Gasteiger partial charge in [0, 0.05) is 16.0 Å². The van der Waals surface area contributed by atoms with Gasteiger partial charge >= 0.3 is 0 Å². The van der Waals surface area contributed by atoms with E-state index < -0.39 is 0 Å². The van der Waals surface area contributed by atoms with Crippen molar-refractivity contribution in [1.29, 1.82) is 0 Å². The molecule has 0 aliphatic carbocycles. The molecule has 0 aliphatic rings. The Hall–Kier alpha value is -2.00. The highest BCUT2D eigenvalue weighted by Gasteiger charge is 2.07. The van der Waals surface area contributed by atoms with Gasteiger partial charge in [-0.2, -0.15) is 0 Å². The van der Waals surface area contributed by atoms with E-state index in [0.717, 1.165) is 27.2 Å². The molecule has 3 heteroatoms. The largest absolute Gasteiger partial charge is 0.397 e. The average Bonchev–Trinajstić information content (AvgIpc) is 2.47. The van der Waals surface area contributed by atoms with Crippen LogP contribution in [0.5, 0.6) is 0 Å². The topological polar surface area (TPSA) is 38.9 Å². The van der Waals surface area contributed by atoms with Gasteiger partial charge in [-0.1, -0.05) is 48.5 Å². The summed E-state index contributed by atoms with van der Waals surface area (Å²) in [6.45, 7) is 0. The zero-order valence-electron chi connectivity index (χ0n) is 10.4. The number of fused-ring (bicyclic) bond motifs is 1. The summed E-state index contributed by atoms with van der Waals surface area (Å²) in [7, 11) is 0. The highest BCUT2D eigenvalue weighted by Crippen LogP contribution is 2.33. The van der Waals surface area contributed by atoms with Crippen LogP contribution in [0.15, 0.2) is 65.7 Å². The van der Waals surface area contributed by atoms with Crippen molar-refractivity contribution in [3.8, 4) is 0 Å². The highest BCUT2D eigenvalue weighted by atomic mass is 32.2. The van der Waals surface area contributed by atoms with Crippen LogP contribution in [0.4, 0.5) is 5.69 Å². The average molecular weight is 266 g/mol. The minimum absolute atomic E-state index is 0.750. The van der Waals surface area contributed by atoms with Crippen molar-refractivity contribution in [1.82, 2.24) is 4.98 Å². The van der Waals surface area contributed by atoms with Crippen molar-refractivity contribution < 1.29 is 0 Å². The Morgan fingerprint density at radius 3 is 2.53 bits per heavy atom. The summed E-state index contributed by atoms with van der Waals surface area (Å²) >= 11 is 1.76. The lowest BCUT2D eigenvalue weighted by Gasteiger charge is -2.09. The number of nitrogens with zero attached hydrogens (tertiary/aromatic N) is 1. The van der Waals surface area contributed by atoms with E-state index in [1.165, 1.54) is 5.56 Å². The van der Waals surface area contributed by atoms with Crippen molar-refractivity contribution in [2.45, 2.75) is 10.6 Å². The molecule has 0 radical (unpaired) electrons. The van der Waals surface area contributed by atoms with Crippen molar-refractivity contribution >= 4 is 28.4 Å².